The number of fused-ring (bicyclic) bond motifs is 1. The first-order valence-corrected chi connectivity index (χ1v) is 7.90. The lowest BCUT2D eigenvalue weighted by molar-refractivity contribution is 0.0827. The van der Waals surface area contributed by atoms with E-state index in [1.807, 2.05) is 6.92 Å². The largest absolute Gasteiger partial charge is 0.345 e. The number of sulfonamides is 1. The van der Waals surface area contributed by atoms with E-state index in [1.165, 1.54) is 15.5 Å². The zero-order valence-corrected chi connectivity index (χ0v) is 12.4. The second kappa shape index (κ2) is 4.52. The highest BCUT2D eigenvalue weighted by molar-refractivity contribution is 7.92. The normalized spacial score (nSPS) is 18.3. The van der Waals surface area contributed by atoms with Gasteiger partial charge in [0.15, 0.2) is 0 Å². The molecule has 1 atom stereocenters. The monoisotopic (exact) mass is 282 g/mol. The molecule has 1 aliphatic rings. The van der Waals surface area contributed by atoms with Gasteiger partial charge in [-0.25, -0.2) is 8.42 Å². The van der Waals surface area contributed by atoms with Crippen LogP contribution in [0.3, 0.4) is 0 Å². The summed E-state index contributed by atoms with van der Waals surface area (Å²) in [5, 5.41) is 0. The standard InChI is InChI=1S/C13H18N2O3S/c1-9-7-11-8-10(13(16)14(2)3)5-6-12(11)15(9)19(4,17)18/h5-6,8-9H,7H2,1-4H3/t9-/m0/s1. The number of carbonyl (C=O) groups is 1. The van der Waals surface area contributed by atoms with E-state index >= 15 is 0 Å². The summed E-state index contributed by atoms with van der Waals surface area (Å²) in [4.78, 5) is 13.4. The third-order valence-electron chi connectivity index (χ3n) is 3.24. The molecule has 6 heteroatoms. The summed E-state index contributed by atoms with van der Waals surface area (Å²) in [5.74, 6) is -0.0757. The van der Waals surface area contributed by atoms with Crippen molar-refractivity contribution in [2.24, 2.45) is 0 Å². The Kier molecular flexibility index (Phi) is 3.30. The van der Waals surface area contributed by atoms with Crippen LogP contribution in [-0.4, -0.2) is 45.6 Å². The lowest BCUT2D eigenvalue weighted by Crippen LogP contribution is -2.34. The molecule has 0 aliphatic carbocycles. The molecule has 104 valence electrons. The first-order chi connectivity index (χ1) is 8.71. The Bertz CT molecular complexity index is 623. The maximum absolute atomic E-state index is 11.9. The van der Waals surface area contributed by atoms with Crippen LogP contribution < -0.4 is 4.31 Å². The fourth-order valence-corrected chi connectivity index (χ4v) is 3.76. The topological polar surface area (TPSA) is 57.7 Å². The van der Waals surface area contributed by atoms with Gasteiger partial charge in [-0.1, -0.05) is 0 Å². The lowest BCUT2D eigenvalue weighted by Gasteiger charge is -2.22. The molecule has 0 aromatic heterocycles. The van der Waals surface area contributed by atoms with Crippen LogP contribution in [0.25, 0.3) is 0 Å². The van der Waals surface area contributed by atoms with Gasteiger partial charge in [0.1, 0.15) is 0 Å². The summed E-state index contributed by atoms with van der Waals surface area (Å²) in [6.07, 6.45) is 1.84. The first-order valence-electron chi connectivity index (χ1n) is 6.06. The summed E-state index contributed by atoms with van der Waals surface area (Å²) in [6.45, 7) is 1.87. The molecule has 0 bridgehead atoms. The Morgan fingerprint density at radius 2 is 2.00 bits per heavy atom. The zero-order valence-electron chi connectivity index (χ0n) is 11.5. The lowest BCUT2D eigenvalue weighted by atomic mass is 10.1. The molecule has 1 aliphatic heterocycles. The fourth-order valence-electron chi connectivity index (χ4n) is 2.50. The quantitative estimate of drug-likeness (QED) is 0.816. The highest BCUT2D eigenvalue weighted by Crippen LogP contribution is 2.34. The van der Waals surface area contributed by atoms with Gasteiger partial charge < -0.3 is 4.90 Å². The second-order valence-corrected chi connectivity index (χ2v) is 7.01. The first kappa shape index (κ1) is 13.9. The molecule has 1 amide bonds. The average Bonchev–Trinajstić information content (AvgIpc) is 2.61. The number of rotatable bonds is 2. The maximum Gasteiger partial charge on any atom is 0.253 e. The second-order valence-electron chi connectivity index (χ2n) is 5.16. The minimum Gasteiger partial charge on any atom is -0.345 e. The molecular weight excluding hydrogens is 264 g/mol. The van der Waals surface area contributed by atoms with Gasteiger partial charge in [0.2, 0.25) is 10.0 Å². The van der Waals surface area contributed by atoms with E-state index in [4.69, 9.17) is 0 Å². The molecule has 1 heterocycles. The molecule has 0 radical (unpaired) electrons. The van der Waals surface area contributed by atoms with E-state index in [0.29, 0.717) is 17.7 Å². The summed E-state index contributed by atoms with van der Waals surface area (Å²) >= 11 is 0. The number of hydrogen-bond acceptors (Lipinski definition) is 3. The van der Waals surface area contributed by atoms with Crippen molar-refractivity contribution in [2.75, 3.05) is 24.7 Å². The molecule has 0 unspecified atom stereocenters. The van der Waals surface area contributed by atoms with Crippen LogP contribution in [0.1, 0.15) is 22.8 Å². The van der Waals surface area contributed by atoms with Crippen molar-refractivity contribution in [1.29, 1.82) is 0 Å². The molecule has 0 fully saturated rings. The van der Waals surface area contributed by atoms with Crippen molar-refractivity contribution >= 4 is 21.6 Å². The van der Waals surface area contributed by atoms with Gasteiger partial charge in [0.05, 0.1) is 11.9 Å². The summed E-state index contributed by atoms with van der Waals surface area (Å²) in [6, 6.07) is 5.09. The summed E-state index contributed by atoms with van der Waals surface area (Å²) < 4.78 is 25.0. The smallest absolute Gasteiger partial charge is 0.253 e. The van der Waals surface area contributed by atoms with Crippen LogP contribution in [0.4, 0.5) is 5.69 Å². The highest BCUT2D eigenvalue weighted by Gasteiger charge is 2.32. The number of nitrogens with zero attached hydrogens (tertiary/aromatic N) is 2. The van der Waals surface area contributed by atoms with Crippen LogP contribution in [0.2, 0.25) is 0 Å². The van der Waals surface area contributed by atoms with Gasteiger partial charge in [-0.2, -0.15) is 0 Å². The van der Waals surface area contributed by atoms with Crippen molar-refractivity contribution < 1.29 is 13.2 Å². The molecule has 5 nitrogen and oxygen atoms in total. The molecule has 0 saturated heterocycles. The van der Waals surface area contributed by atoms with Gasteiger partial charge in [-0.3, -0.25) is 9.10 Å². The van der Waals surface area contributed by atoms with E-state index in [9.17, 15) is 13.2 Å². The van der Waals surface area contributed by atoms with Crippen LogP contribution in [-0.2, 0) is 16.4 Å². The predicted molar refractivity (Wildman–Crippen MR) is 74.9 cm³/mol. The third kappa shape index (κ3) is 2.45. The Morgan fingerprint density at radius 3 is 2.53 bits per heavy atom. The van der Waals surface area contributed by atoms with Gasteiger partial charge in [-0.15, -0.1) is 0 Å². The predicted octanol–water partition coefficient (Wildman–Crippen LogP) is 1.10. The average molecular weight is 282 g/mol. The Balaban J connectivity index is 2.46. The number of benzene rings is 1. The van der Waals surface area contributed by atoms with E-state index in [1.54, 1.807) is 32.3 Å². The Morgan fingerprint density at radius 1 is 1.37 bits per heavy atom. The van der Waals surface area contributed by atoms with Gasteiger partial charge >= 0.3 is 0 Å². The van der Waals surface area contributed by atoms with Crippen molar-refractivity contribution in [3.05, 3.63) is 29.3 Å². The Hall–Kier alpha value is -1.56. The minimum absolute atomic E-state index is 0.0757. The van der Waals surface area contributed by atoms with Gasteiger partial charge in [0, 0.05) is 25.7 Å². The van der Waals surface area contributed by atoms with Crippen LogP contribution in [0.15, 0.2) is 18.2 Å². The number of carbonyl (C=O) groups excluding carboxylic acids is 1. The SMILES string of the molecule is C[C@H]1Cc2cc(C(=O)N(C)C)ccc2N1S(C)(=O)=O. The number of amides is 1. The van der Waals surface area contributed by atoms with E-state index < -0.39 is 10.0 Å². The maximum atomic E-state index is 11.9. The molecule has 0 N–H and O–H groups in total. The van der Waals surface area contributed by atoms with E-state index in [-0.39, 0.29) is 11.9 Å². The molecule has 19 heavy (non-hydrogen) atoms. The Labute approximate surface area is 113 Å². The van der Waals surface area contributed by atoms with Crippen LogP contribution in [0, 0.1) is 0 Å². The molecular formula is C13H18N2O3S. The van der Waals surface area contributed by atoms with E-state index in [0.717, 1.165) is 5.56 Å². The van der Waals surface area contributed by atoms with Crippen molar-refractivity contribution in [1.82, 2.24) is 4.90 Å². The number of hydrogen-bond donors (Lipinski definition) is 0. The third-order valence-corrected chi connectivity index (χ3v) is 4.51. The fraction of sp³-hybridized carbons (Fsp3) is 0.462. The molecule has 0 spiro atoms. The molecule has 2 rings (SSSR count). The summed E-state index contributed by atoms with van der Waals surface area (Å²) in [5.41, 5.74) is 2.18. The zero-order chi connectivity index (χ0) is 14.4. The van der Waals surface area contributed by atoms with E-state index in [2.05, 4.69) is 0 Å². The summed E-state index contributed by atoms with van der Waals surface area (Å²) in [7, 11) is 0.114. The van der Waals surface area contributed by atoms with Crippen LogP contribution >= 0.6 is 0 Å². The minimum atomic E-state index is -3.28. The van der Waals surface area contributed by atoms with Gasteiger partial charge in [-0.05, 0) is 37.1 Å². The van der Waals surface area contributed by atoms with Crippen molar-refractivity contribution in [3.8, 4) is 0 Å². The van der Waals surface area contributed by atoms with Crippen molar-refractivity contribution in [2.45, 2.75) is 19.4 Å². The molecule has 1 aromatic carbocycles. The van der Waals surface area contributed by atoms with Crippen molar-refractivity contribution in [3.63, 3.8) is 0 Å². The molecule has 0 saturated carbocycles. The van der Waals surface area contributed by atoms with Crippen LogP contribution in [0.5, 0.6) is 0 Å². The highest BCUT2D eigenvalue weighted by atomic mass is 32.2. The molecule has 1 aromatic rings. The van der Waals surface area contributed by atoms with Gasteiger partial charge in [0.25, 0.3) is 5.91 Å². The number of anilines is 1.